The Morgan fingerprint density at radius 1 is 0.950 bits per heavy atom. The molecule has 0 aliphatic heterocycles. The van der Waals surface area contributed by atoms with E-state index in [0.717, 1.165) is 25.7 Å². The molecule has 0 aromatic heterocycles. The zero-order valence-electron chi connectivity index (χ0n) is 13.9. The molecule has 0 amide bonds. The minimum Gasteiger partial charge on any atom is -0.119 e. The standard InChI is InChI=1S/C16H34O3P/c1-5-8-10-11-12-15(4)19-20(17)18-14-16(7-3)13-9-6-2/h15-16H,5-14H2,1-4H3/q+1. The van der Waals surface area contributed by atoms with Crippen LogP contribution >= 0.6 is 8.25 Å². The Morgan fingerprint density at radius 2 is 1.65 bits per heavy atom. The molecule has 0 fully saturated rings. The van der Waals surface area contributed by atoms with Crippen molar-refractivity contribution >= 4 is 8.25 Å². The summed E-state index contributed by atoms with van der Waals surface area (Å²) in [7, 11) is -1.95. The smallest absolute Gasteiger partial charge is 0.119 e. The predicted molar refractivity (Wildman–Crippen MR) is 86.2 cm³/mol. The molecule has 20 heavy (non-hydrogen) atoms. The third kappa shape index (κ3) is 11.8. The van der Waals surface area contributed by atoms with E-state index in [-0.39, 0.29) is 6.10 Å². The van der Waals surface area contributed by atoms with Crippen molar-refractivity contribution in [2.45, 2.75) is 91.6 Å². The molecule has 4 heteroatoms. The molecule has 0 aromatic carbocycles. The third-order valence-electron chi connectivity index (χ3n) is 3.69. The molecule has 0 spiro atoms. The Bertz CT molecular complexity index is 234. The average Bonchev–Trinajstić information content (AvgIpc) is 2.44. The summed E-state index contributed by atoms with van der Waals surface area (Å²) in [5, 5.41) is 0. The van der Waals surface area contributed by atoms with Gasteiger partial charge in [0.05, 0.1) is 0 Å². The van der Waals surface area contributed by atoms with Gasteiger partial charge in [-0.25, -0.2) is 0 Å². The first-order chi connectivity index (χ1) is 9.63. The van der Waals surface area contributed by atoms with Crippen LogP contribution in [-0.4, -0.2) is 12.7 Å². The normalized spacial score (nSPS) is 15.1. The van der Waals surface area contributed by atoms with Gasteiger partial charge in [0.2, 0.25) is 0 Å². The van der Waals surface area contributed by atoms with E-state index in [4.69, 9.17) is 9.05 Å². The largest absolute Gasteiger partial charge is 0.697 e. The van der Waals surface area contributed by atoms with Gasteiger partial charge in [0.25, 0.3) is 0 Å². The molecule has 0 radical (unpaired) electrons. The van der Waals surface area contributed by atoms with E-state index in [9.17, 15) is 4.57 Å². The highest BCUT2D eigenvalue weighted by Gasteiger charge is 2.25. The second-order valence-corrected chi connectivity index (χ2v) is 6.62. The Balaban J connectivity index is 3.69. The highest BCUT2D eigenvalue weighted by atomic mass is 31.1. The molecule has 120 valence electrons. The van der Waals surface area contributed by atoms with Crippen LogP contribution in [0.15, 0.2) is 0 Å². The lowest BCUT2D eigenvalue weighted by atomic mass is 10.0. The summed E-state index contributed by atoms with van der Waals surface area (Å²) in [5.41, 5.74) is 0. The maximum Gasteiger partial charge on any atom is 0.697 e. The maximum atomic E-state index is 11.7. The lowest BCUT2D eigenvalue weighted by Crippen LogP contribution is -2.08. The van der Waals surface area contributed by atoms with E-state index in [0.29, 0.717) is 12.5 Å². The lowest BCUT2D eigenvalue weighted by molar-refractivity contribution is 0.149. The van der Waals surface area contributed by atoms with Crippen LogP contribution < -0.4 is 0 Å². The molecule has 3 atom stereocenters. The summed E-state index contributed by atoms with van der Waals surface area (Å²) in [4.78, 5) is 0. The molecule has 0 aliphatic rings. The number of unbranched alkanes of at least 4 members (excludes halogenated alkanes) is 4. The van der Waals surface area contributed by atoms with Crippen LogP contribution in [0.25, 0.3) is 0 Å². The van der Waals surface area contributed by atoms with Gasteiger partial charge in [-0.05, 0) is 25.7 Å². The van der Waals surface area contributed by atoms with Crippen molar-refractivity contribution in [1.29, 1.82) is 0 Å². The van der Waals surface area contributed by atoms with Crippen molar-refractivity contribution in [3.05, 3.63) is 0 Å². The van der Waals surface area contributed by atoms with Crippen LogP contribution in [-0.2, 0) is 13.6 Å². The molecular weight excluding hydrogens is 271 g/mol. The van der Waals surface area contributed by atoms with E-state index in [2.05, 4.69) is 20.8 Å². The highest BCUT2D eigenvalue weighted by molar-refractivity contribution is 7.33. The first-order valence-electron chi connectivity index (χ1n) is 8.40. The van der Waals surface area contributed by atoms with E-state index in [1.807, 2.05) is 6.92 Å². The van der Waals surface area contributed by atoms with Gasteiger partial charge in [-0.1, -0.05) is 65.7 Å². The number of hydrogen-bond donors (Lipinski definition) is 0. The zero-order valence-corrected chi connectivity index (χ0v) is 14.8. The zero-order chi connectivity index (χ0) is 15.2. The van der Waals surface area contributed by atoms with Gasteiger partial charge in [0.1, 0.15) is 12.7 Å². The molecule has 0 aliphatic carbocycles. The van der Waals surface area contributed by atoms with Crippen LogP contribution in [0.4, 0.5) is 0 Å². The van der Waals surface area contributed by atoms with Gasteiger partial charge in [-0.15, -0.1) is 9.05 Å². The summed E-state index contributed by atoms with van der Waals surface area (Å²) in [6, 6.07) is 0. The topological polar surface area (TPSA) is 35.5 Å². The van der Waals surface area contributed by atoms with Gasteiger partial charge >= 0.3 is 8.25 Å². The van der Waals surface area contributed by atoms with Crippen molar-refractivity contribution in [3.63, 3.8) is 0 Å². The quantitative estimate of drug-likeness (QED) is 0.281. The highest BCUT2D eigenvalue weighted by Crippen LogP contribution is 2.29. The minimum absolute atomic E-state index is 0.0335. The van der Waals surface area contributed by atoms with Gasteiger partial charge < -0.3 is 0 Å². The van der Waals surface area contributed by atoms with Crippen molar-refractivity contribution in [2.75, 3.05) is 6.61 Å². The van der Waals surface area contributed by atoms with E-state index >= 15 is 0 Å². The van der Waals surface area contributed by atoms with Crippen LogP contribution in [0.1, 0.15) is 85.5 Å². The monoisotopic (exact) mass is 305 g/mol. The Kier molecular flexibility index (Phi) is 14.0. The summed E-state index contributed by atoms with van der Waals surface area (Å²) in [5.74, 6) is 0.511. The Hall–Kier alpha value is 0.0200. The van der Waals surface area contributed by atoms with Crippen LogP contribution in [0, 0.1) is 5.92 Å². The predicted octanol–water partition coefficient (Wildman–Crippen LogP) is 6.25. The summed E-state index contributed by atoms with van der Waals surface area (Å²) in [6.07, 6.45) is 10.5. The summed E-state index contributed by atoms with van der Waals surface area (Å²) >= 11 is 0. The fourth-order valence-electron chi connectivity index (χ4n) is 2.15. The number of hydrogen-bond acceptors (Lipinski definition) is 3. The van der Waals surface area contributed by atoms with Gasteiger partial charge in [0.15, 0.2) is 0 Å². The summed E-state index contributed by atoms with van der Waals surface area (Å²) in [6.45, 7) is 9.10. The lowest BCUT2D eigenvalue weighted by Gasteiger charge is -2.10. The molecule has 0 heterocycles. The van der Waals surface area contributed by atoms with Crippen LogP contribution in [0.5, 0.6) is 0 Å². The molecular formula is C16H34O3P+. The van der Waals surface area contributed by atoms with Crippen molar-refractivity contribution < 1.29 is 13.6 Å². The van der Waals surface area contributed by atoms with E-state index in [1.54, 1.807) is 0 Å². The Labute approximate surface area is 126 Å². The maximum absolute atomic E-state index is 11.7. The Morgan fingerprint density at radius 3 is 2.25 bits per heavy atom. The fourth-order valence-corrected chi connectivity index (χ4v) is 2.95. The third-order valence-corrected chi connectivity index (χ3v) is 4.58. The van der Waals surface area contributed by atoms with Gasteiger partial charge in [-0.2, -0.15) is 0 Å². The first kappa shape index (κ1) is 20.0. The van der Waals surface area contributed by atoms with Crippen LogP contribution in [0.2, 0.25) is 0 Å². The van der Waals surface area contributed by atoms with Crippen molar-refractivity contribution in [1.82, 2.24) is 0 Å². The average molecular weight is 305 g/mol. The molecule has 3 unspecified atom stereocenters. The second kappa shape index (κ2) is 14.0. The molecule has 3 nitrogen and oxygen atoms in total. The van der Waals surface area contributed by atoms with Gasteiger partial charge in [-0.3, -0.25) is 0 Å². The van der Waals surface area contributed by atoms with Crippen LogP contribution in [0.3, 0.4) is 0 Å². The molecule has 0 aromatic rings. The SMILES string of the molecule is CCCCCCC(C)O[P+](=O)OCC(CC)CCCC. The molecule has 0 saturated carbocycles. The molecule has 0 rings (SSSR count). The number of rotatable bonds is 14. The molecule has 0 bridgehead atoms. The molecule has 0 N–H and O–H groups in total. The second-order valence-electron chi connectivity index (χ2n) is 5.70. The van der Waals surface area contributed by atoms with E-state index in [1.165, 1.54) is 32.1 Å². The van der Waals surface area contributed by atoms with Gasteiger partial charge in [0, 0.05) is 4.57 Å². The van der Waals surface area contributed by atoms with Crippen molar-refractivity contribution in [2.24, 2.45) is 5.92 Å². The summed E-state index contributed by atoms with van der Waals surface area (Å²) < 4.78 is 22.5. The molecule has 0 saturated heterocycles. The van der Waals surface area contributed by atoms with E-state index < -0.39 is 8.25 Å². The van der Waals surface area contributed by atoms with Crippen molar-refractivity contribution in [3.8, 4) is 0 Å². The minimum atomic E-state index is -1.95. The first-order valence-corrected chi connectivity index (χ1v) is 9.50. The fraction of sp³-hybridized carbons (Fsp3) is 1.00.